The Hall–Kier alpha value is -2.09. The van der Waals surface area contributed by atoms with Crippen molar-refractivity contribution in [2.24, 2.45) is 5.92 Å². The van der Waals surface area contributed by atoms with Gasteiger partial charge in [0.15, 0.2) is 11.6 Å². The van der Waals surface area contributed by atoms with Gasteiger partial charge in [-0.3, -0.25) is 4.79 Å². The first-order chi connectivity index (χ1) is 11.6. The minimum Gasteiger partial charge on any atom is -0.478 e. The molecule has 1 aromatic carbocycles. The van der Waals surface area contributed by atoms with Crippen molar-refractivity contribution >= 4 is 5.91 Å². The van der Waals surface area contributed by atoms with Gasteiger partial charge in [0.25, 0.3) is 0 Å². The molecule has 1 N–H and O–H groups in total. The van der Waals surface area contributed by atoms with Crippen molar-refractivity contribution in [2.75, 3.05) is 13.2 Å². The highest BCUT2D eigenvalue weighted by atomic mass is 19.1. The van der Waals surface area contributed by atoms with Gasteiger partial charge in [0.1, 0.15) is 12.4 Å². The first-order valence-electron chi connectivity index (χ1n) is 8.45. The predicted octanol–water partition coefficient (Wildman–Crippen LogP) is 3.82. The van der Waals surface area contributed by atoms with Gasteiger partial charge in [-0.25, -0.2) is 8.78 Å². The Morgan fingerprint density at radius 1 is 1.21 bits per heavy atom. The lowest BCUT2D eigenvalue weighted by atomic mass is 9.86. The van der Waals surface area contributed by atoms with E-state index in [9.17, 15) is 13.6 Å². The Balaban J connectivity index is 1.58. The summed E-state index contributed by atoms with van der Waals surface area (Å²) in [5.74, 6) is 4.70. The highest BCUT2D eigenvalue weighted by Gasteiger charge is 2.14. The largest absolute Gasteiger partial charge is 0.478 e. The second-order valence-electron chi connectivity index (χ2n) is 6.04. The van der Waals surface area contributed by atoms with Gasteiger partial charge in [-0.05, 0) is 24.5 Å². The van der Waals surface area contributed by atoms with Crippen LogP contribution in [0.15, 0.2) is 18.2 Å². The SMILES string of the molecule is O=C(CCC1CCCCC1)NCC#CCOc1ccc(F)cc1F. The number of nitrogens with one attached hydrogen (secondary N) is 1. The maximum Gasteiger partial charge on any atom is 0.220 e. The van der Waals surface area contributed by atoms with E-state index in [1.54, 1.807) is 0 Å². The third kappa shape index (κ3) is 6.57. The predicted molar refractivity (Wildman–Crippen MR) is 88.4 cm³/mol. The van der Waals surface area contributed by atoms with Gasteiger partial charge in [0.05, 0.1) is 6.54 Å². The average Bonchev–Trinajstić information content (AvgIpc) is 2.58. The summed E-state index contributed by atoms with van der Waals surface area (Å²) in [6, 6.07) is 3.10. The molecule has 1 aromatic rings. The Morgan fingerprint density at radius 2 is 2.00 bits per heavy atom. The lowest BCUT2D eigenvalue weighted by molar-refractivity contribution is -0.121. The molecular weight excluding hydrogens is 312 g/mol. The first-order valence-corrected chi connectivity index (χ1v) is 8.45. The van der Waals surface area contributed by atoms with Gasteiger partial charge in [-0.15, -0.1) is 0 Å². The van der Waals surface area contributed by atoms with E-state index in [4.69, 9.17) is 4.74 Å². The van der Waals surface area contributed by atoms with Crippen molar-refractivity contribution in [1.82, 2.24) is 5.32 Å². The molecule has 0 aromatic heterocycles. The molecule has 0 radical (unpaired) electrons. The molecule has 3 nitrogen and oxygen atoms in total. The molecule has 24 heavy (non-hydrogen) atoms. The van der Waals surface area contributed by atoms with E-state index in [2.05, 4.69) is 17.2 Å². The van der Waals surface area contributed by atoms with Gasteiger partial charge < -0.3 is 10.1 Å². The van der Waals surface area contributed by atoms with Crippen LogP contribution in [0.2, 0.25) is 0 Å². The summed E-state index contributed by atoms with van der Waals surface area (Å²) in [7, 11) is 0. The van der Waals surface area contributed by atoms with Crippen molar-refractivity contribution in [3.63, 3.8) is 0 Å². The molecule has 0 heterocycles. The second-order valence-corrected chi connectivity index (χ2v) is 6.04. The molecule has 1 aliphatic carbocycles. The zero-order valence-electron chi connectivity index (χ0n) is 13.7. The minimum atomic E-state index is -0.757. The van der Waals surface area contributed by atoms with Gasteiger partial charge in [-0.1, -0.05) is 43.9 Å². The lowest BCUT2D eigenvalue weighted by Gasteiger charge is -2.20. The Kier molecular flexibility index (Phi) is 7.54. The number of benzene rings is 1. The molecule has 1 fully saturated rings. The van der Waals surface area contributed by atoms with Crippen LogP contribution < -0.4 is 10.1 Å². The highest BCUT2D eigenvalue weighted by Crippen LogP contribution is 2.27. The van der Waals surface area contributed by atoms with Crippen LogP contribution >= 0.6 is 0 Å². The zero-order chi connectivity index (χ0) is 17.2. The second kappa shape index (κ2) is 9.92. The van der Waals surface area contributed by atoms with E-state index in [0.717, 1.165) is 18.6 Å². The summed E-state index contributed by atoms with van der Waals surface area (Å²) in [5.41, 5.74) is 0. The fourth-order valence-electron chi connectivity index (χ4n) is 2.86. The normalized spacial score (nSPS) is 14.6. The standard InChI is InChI=1S/C19H23F2NO2/c20-16-9-10-18(17(21)14-16)24-13-5-4-12-22-19(23)11-8-15-6-2-1-3-7-15/h9-10,14-15H,1-3,6-8,11-13H2,(H,22,23). The van der Waals surface area contributed by atoms with Crippen LogP contribution in [0.3, 0.4) is 0 Å². The summed E-state index contributed by atoms with van der Waals surface area (Å²) in [6.45, 7) is 0.235. The Bertz CT molecular complexity index is 601. The molecule has 2 rings (SSSR count). The number of ether oxygens (including phenoxy) is 1. The van der Waals surface area contributed by atoms with Crippen LogP contribution in [0, 0.1) is 29.4 Å². The smallest absolute Gasteiger partial charge is 0.220 e. The monoisotopic (exact) mass is 335 g/mol. The van der Waals surface area contributed by atoms with Crippen LogP contribution in [0.5, 0.6) is 5.75 Å². The van der Waals surface area contributed by atoms with Crippen molar-refractivity contribution in [3.05, 3.63) is 29.8 Å². The molecular formula is C19H23F2NO2. The summed E-state index contributed by atoms with van der Waals surface area (Å²) >= 11 is 0. The van der Waals surface area contributed by atoms with Crippen LogP contribution in [-0.2, 0) is 4.79 Å². The van der Waals surface area contributed by atoms with Gasteiger partial charge in [-0.2, -0.15) is 0 Å². The van der Waals surface area contributed by atoms with E-state index >= 15 is 0 Å². The van der Waals surface area contributed by atoms with Crippen molar-refractivity contribution < 1.29 is 18.3 Å². The molecule has 0 atom stereocenters. The van der Waals surface area contributed by atoms with E-state index in [1.165, 1.54) is 38.2 Å². The first kappa shape index (κ1) is 18.3. The Morgan fingerprint density at radius 3 is 2.75 bits per heavy atom. The quantitative estimate of drug-likeness (QED) is 0.803. The summed E-state index contributed by atoms with van der Waals surface area (Å²) in [4.78, 5) is 11.7. The van der Waals surface area contributed by atoms with Gasteiger partial charge >= 0.3 is 0 Å². The highest BCUT2D eigenvalue weighted by molar-refractivity contribution is 5.76. The van der Waals surface area contributed by atoms with Gasteiger partial charge in [0.2, 0.25) is 5.91 Å². The number of rotatable bonds is 6. The van der Waals surface area contributed by atoms with Crippen molar-refractivity contribution in [2.45, 2.75) is 44.9 Å². The molecule has 1 saturated carbocycles. The number of hydrogen-bond donors (Lipinski definition) is 1. The van der Waals surface area contributed by atoms with E-state index in [0.29, 0.717) is 12.3 Å². The maximum absolute atomic E-state index is 13.3. The van der Waals surface area contributed by atoms with Crippen LogP contribution in [0.25, 0.3) is 0 Å². The molecule has 0 saturated heterocycles. The fourth-order valence-corrected chi connectivity index (χ4v) is 2.86. The molecule has 0 spiro atoms. The summed E-state index contributed by atoms with van der Waals surface area (Å²) in [5, 5.41) is 2.75. The molecule has 1 aliphatic rings. The topological polar surface area (TPSA) is 38.3 Å². The van der Waals surface area contributed by atoms with Crippen LogP contribution in [0.1, 0.15) is 44.9 Å². The molecule has 0 unspecified atom stereocenters. The Labute approximate surface area is 141 Å². The van der Waals surface area contributed by atoms with E-state index in [-0.39, 0.29) is 24.8 Å². The fraction of sp³-hybridized carbons (Fsp3) is 0.526. The van der Waals surface area contributed by atoms with Crippen molar-refractivity contribution in [1.29, 1.82) is 0 Å². The number of amides is 1. The molecule has 5 heteroatoms. The third-order valence-corrected chi connectivity index (χ3v) is 4.20. The molecule has 0 aliphatic heterocycles. The number of carbonyl (C=O) groups is 1. The van der Waals surface area contributed by atoms with E-state index in [1.807, 2.05) is 0 Å². The molecule has 130 valence electrons. The lowest BCUT2D eigenvalue weighted by Crippen LogP contribution is -2.24. The van der Waals surface area contributed by atoms with Crippen LogP contribution in [-0.4, -0.2) is 19.1 Å². The van der Waals surface area contributed by atoms with Crippen molar-refractivity contribution in [3.8, 4) is 17.6 Å². The minimum absolute atomic E-state index is 0.0134. The van der Waals surface area contributed by atoms with E-state index < -0.39 is 11.6 Å². The zero-order valence-corrected chi connectivity index (χ0v) is 13.7. The third-order valence-electron chi connectivity index (χ3n) is 4.20. The molecule has 1 amide bonds. The number of hydrogen-bond acceptors (Lipinski definition) is 2. The molecule has 0 bridgehead atoms. The number of halogens is 2. The van der Waals surface area contributed by atoms with Crippen LogP contribution in [0.4, 0.5) is 8.78 Å². The summed E-state index contributed by atoms with van der Waals surface area (Å²) < 4.78 is 31.1. The summed E-state index contributed by atoms with van der Waals surface area (Å²) in [6.07, 6.45) is 7.87. The maximum atomic E-state index is 13.3. The van der Waals surface area contributed by atoms with Gasteiger partial charge in [0, 0.05) is 12.5 Å². The average molecular weight is 335 g/mol. The number of carbonyl (C=O) groups excluding carboxylic acids is 1.